The van der Waals surface area contributed by atoms with Crippen molar-refractivity contribution in [1.29, 1.82) is 5.26 Å². The van der Waals surface area contributed by atoms with E-state index in [-0.39, 0.29) is 12.4 Å². The van der Waals surface area contributed by atoms with Crippen molar-refractivity contribution in [2.45, 2.75) is 19.3 Å². The van der Waals surface area contributed by atoms with Gasteiger partial charge in [-0.05, 0) is 24.5 Å². The molecule has 0 spiro atoms. The van der Waals surface area contributed by atoms with Gasteiger partial charge < -0.3 is 4.74 Å². The number of fused-ring (bicyclic) bond motifs is 1. The molecule has 15 heavy (non-hydrogen) atoms. The molecule has 0 saturated heterocycles. The van der Waals surface area contributed by atoms with Gasteiger partial charge in [-0.15, -0.1) is 0 Å². The number of ketones is 1. The Morgan fingerprint density at radius 1 is 1.40 bits per heavy atom. The second kappa shape index (κ2) is 4.14. The first-order chi connectivity index (χ1) is 7.33. The Kier molecular flexibility index (Phi) is 2.68. The van der Waals surface area contributed by atoms with Crippen LogP contribution in [-0.4, -0.2) is 12.4 Å². The Labute approximate surface area is 88.3 Å². The molecule has 0 heterocycles. The zero-order valence-corrected chi connectivity index (χ0v) is 8.32. The van der Waals surface area contributed by atoms with Gasteiger partial charge in [0.25, 0.3) is 0 Å². The molecular weight excluding hydrogens is 190 g/mol. The number of aryl methyl sites for hydroxylation is 1. The van der Waals surface area contributed by atoms with Crippen LogP contribution >= 0.6 is 0 Å². The number of hydrogen-bond acceptors (Lipinski definition) is 3. The van der Waals surface area contributed by atoms with Gasteiger partial charge in [0.1, 0.15) is 11.8 Å². The first-order valence-corrected chi connectivity index (χ1v) is 4.98. The molecule has 0 atom stereocenters. The second-order valence-corrected chi connectivity index (χ2v) is 3.51. The molecule has 1 aromatic rings. The molecule has 3 nitrogen and oxygen atoms in total. The number of hydrogen-bond donors (Lipinski definition) is 0. The lowest BCUT2D eigenvalue weighted by atomic mass is 9.90. The molecule has 0 amide bonds. The van der Waals surface area contributed by atoms with Gasteiger partial charge in [0.05, 0.1) is 5.56 Å². The quantitative estimate of drug-likeness (QED) is 0.736. The summed E-state index contributed by atoms with van der Waals surface area (Å²) in [7, 11) is 0. The number of nitriles is 1. The number of carbonyl (C=O) groups excluding carboxylic acids is 1. The number of nitrogens with zero attached hydrogens (tertiary/aromatic N) is 1. The molecule has 0 unspecified atom stereocenters. The molecule has 0 N–H and O–H groups in total. The summed E-state index contributed by atoms with van der Waals surface area (Å²) in [5.41, 5.74) is 1.72. The van der Waals surface area contributed by atoms with E-state index in [1.165, 1.54) is 0 Å². The molecule has 0 aliphatic heterocycles. The van der Waals surface area contributed by atoms with Crippen LogP contribution in [0.3, 0.4) is 0 Å². The van der Waals surface area contributed by atoms with Crippen molar-refractivity contribution in [2.75, 3.05) is 6.61 Å². The third-order valence-electron chi connectivity index (χ3n) is 2.53. The van der Waals surface area contributed by atoms with Gasteiger partial charge in [-0.1, -0.05) is 12.1 Å². The number of ether oxygens (including phenoxy) is 1. The summed E-state index contributed by atoms with van der Waals surface area (Å²) in [6.07, 6.45) is 2.41. The third kappa shape index (κ3) is 1.84. The predicted molar refractivity (Wildman–Crippen MR) is 54.8 cm³/mol. The fourth-order valence-electron chi connectivity index (χ4n) is 1.90. The van der Waals surface area contributed by atoms with Crippen LogP contribution in [0.4, 0.5) is 0 Å². The van der Waals surface area contributed by atoms with Crippen LogP contribution in [0, 0.1) is 11.3 Å². The summed E-state index contributed by atoms with van der Waals surface area (Å²) < 4.78 is 5.24. The van der Waals surface area contributed by atoms with E-state index in [0.717, 1.165) is 18.4 Å². The third-order valence-corrected chi connectivity index (χ3v) is 2.53. The normalized spacial score (nSPS) is 14.2. The highest BCUT2D eigenvalue weighted by Crippen LogP contribution is 2.29. The molecule has 76 valence electrons. The Bertz CT molecular complexity index is 432. The fourth-order valence-corrected chi connectivity index (χ4v) is 1.90. The van der Waals surface area contributed by atoms with Crippen LogP contribution in [0.15, 0.2) is 18.2 Å². The van der Waals surface area contributed by atoms with Crippen molar-refractivity contribution in [1.82, 2.24) is 0 Å². The number of benzene rings is 1. The maximum atomic E-state index is 11.7. The zero-order chi connectivity index (χ0) is 10.7. The van der Waals surface area contributed by atoms with E-state index in [1.807, 2.05) is 18.2 Å². The lowest BCUT2D eigenvalue weighted by molar-refractivity contribution is 0.0968. The molecule has 1 aliphatic carbocycles. The molecule has 0 fully saturated rings. The van der Waals surface area contributed by atoms with Crippen LogP contribution in [0.1, 0.15) is 28.8 Å². The number of rotatable bonds is 2. The van der Waals surface area contributed by atoms with E-state index < -0.39 is 0 Å². The smallest absolute Gasteiger partial charge is 0.174 e. The molecule has 0 radical (unpaired) electrons. The second-order valence-electron chi connectivity index (χ2n) is 3.51. The largest absolute Gasteiger partial charge is 0.478 e. The van der Waals surface area contributed by atoms with E-state index >= 15 is 0 Å². The van der Waals surface area contributed by atoms with Crippen LogP contribution in [0.5, 0.6) is 5.75 Å². The van der Waals surface area contributed by atoms with Gasteiger partial charge in [-0.2, -0.15) is 5.26 Å². The van der Waals surface area contributed by atoms with Crippen molar-refractivity contribution in [2.24, 2.45) is 0 Å². The summed E-state index contributed by atoms with van der Waals surface area (Å²) in [5, 5.41) is 8.44. The predicted octanol–water partition coefficient (Wildman–Crippen LogP) is 2.11. The van der Waals surface area contributed by atoms with Gasteiger partial charge >= 0.3 is 0 Å². The van der Waals surface area contributed by atoms with Gasteiger partial charge in [0.15, 0.2) is 12.4 Å². The topological polar surface area (TPSA) is 50.1 Å². The van der Waals surface area contributed by atoms with Gasteiger partial charge in [-0.25, -0.2) is 0 Å². The van der Waals surface area contributed by atoms with Crippen LogP contribution in [0.2, 0.25) is 0 Å². The molecule has 1 aliphatic rings. The van der Waals surface area contributed by atoms with Crippen molar-refractivity contribution in [3.63, 3.8) is 0 Å². The molecular formula is C12H11NO2. The molecule has 0 aromatic heterocycles. The van der Waals surface area contributed by atoms with Crippen molar-refractivity contribution >= 4 is 5.78 Å². The highest BCUT2D eigenvalue weighted by Gasteiger charge is 2.21. The molecule has 0 saturated carbocycles. The lowest BCUT2D eigenvalue weighted by Gasteiger charge is -2.17. The van der Waals surface area contributed by atoms with Crippen molar-refractivity contribution < 1.29 is 9.53 Å². The molecule has 1 aromatic carbocycles. The fraction of sp³-hybridized carbons (Fsp3) is 0.333. The first kappa shape index (κ1) is 9.72. The molecule has 0 bridgehead atoms. The van der Waals surface area contributed by atoms with Crippen molar-refractivity contribution in [3.05, 3.63) is 29.3 Å². The Morgan fingerprint density at radius 2 is 2.27 bits per heavy atom. The summed E-state index contributed by atoms with van der Waals surface area (Å²) in [4.78, 5) is 11.7. The van der Waals surface area contributed by atoms with Gasteiger partial charge in [0, 0.05) is 6.42 Å². The molecule has 3 heteroatoms. The Hall–Kier alpha value is -1.82. The van der Waals surface area contributed by atoms with Gasteiger partial charge in [-0.3, -0.25) is 4.79 Å². The van der Waals surface area contributed by atoms with Crippen molar-refractivity contribution in [3.8, 4) is 11.8 Å². The van der Waals surface area contributed by atoms with E-state index in [0.29, 0.717) is 17.7 Å². The summed E-state index contributed by atoms with van der Waals surface area (Å²) in [6.45, 7) is -0.0102. The summed E-state index contributed by atoms with van der Waals surface area (Å²) >= 11 is 0. The zero-order valence-electron chi connectivity index (χ0n) is 8.32. The van der Waals surface area contributed by atoms with Gasteiger partial charge in [0.2, 0.25) is 0 Å². The number of carbonyl (C=O) groups is 1. The average molecular weight is 201 g/mol. The molecule has 2 rings (SSSR count). The minimum Gasteiger partial charge on any atom is -0.478 e. The van der Waals surface area contributed by atoms with Crippen LogP contribution < -0.4 is 4.74 Å². The summed E-state index contributed by atoms with van der Waals surface area (Å²) in [5.74, 6) is 0.684. The average Bonchev–Trinajstić information content (AvgIpc) is 2.26. The van der Waals surface area contributed by atoms with Crippen LogP contribution in [0.25, 0.3) is 0 Å². The monoisotopic (exact) mass is 201 g/mol. The Balaban J connectivity index is 2.39. The summed E-state index contributed by atoms with van der Waals surface area (Å²) in [6, 6.07) is 7.47. The highest BCUT2D eigenvalue weighted by atomic mass is 16.5. The maximum absolute atomic E-state index is 11.7. The number of Topliss-reactive ketones (excluding diaryl/α,β-unsaturated/α-hetero) is 1. The Morgan fingerprint density at radius 3 is 3.07 bits per heavy atom. The highest BCUT2D eigenvalue weighted by molar-refractivity contribution is 6.01. The lowest BCUT2D eigenvalue weighted by Crippen LogP contribution is -2.13. The van der Waals surface area contributed by atoms with E-state index in [4.69, 9.17) is 10.00 Å². The van der Waals surface area contributed by atoms with Crippen LogP contribution in [-0.2, 0) is 6.42 Å². The maximum Gasteiger partial charge on any atom is 0.174 e. The minimum atomic E-state index is -0.0102. The SMILES string of the molecule is N#CCOc1cccc2c1C(=O)CCC2. The standard InChI is InChI=1S/C12H11NO2/c13-7-8-15-11-6-2-4-9-3-1-5-10(14)12(9)11/h2,4,6H,1,3,5,8H2. The minimum absolute atomic E-state index is 0.0102. The van der Waals surface area contributed by atoms with E-state index in [9.17, 15) is 4.79 Å². The van der Waals surface area contributed by atoms with E-state index in [1.54, 1.807) is 6.07 Å². The van der Waals surface area contributed by atoms with E-state index in [2.05, 4.69) is 0 Å². The first-order valence-electron chi connectivity index (χ1n) is 4.98.